The van der Waals surface area contributed by atoms with Crippen LogP contribution in [0.15, 0.2) is 35.1 Å². The topological polar surface area (TPSA) is 41.4 Å². The first kappa shape index (κ1) is 19.8. The van der Waals surface area contributed by atoms with E-state index in [2.05, 4.69) is 41.1 Å². The van der Waals surface area contributed by atoms with Crippen LogP contribution in [-0.2, 0) is 25.8 Å². The van der Waals surface area contributed by atoms with Gasteiger partial charge in [-0.15, -0.1) is 11.3 Å². The van der Waals surface area contributed by atoms with E-state index in [9.17, 15) is 4.79 Å². The van der Waals surface area contributed by atoms with Crippen molar-refractivity contribution < 1.29 is 0 Å². The standard InChI is InChI=1S/C24H30N4OS/c1-26-14-16-27(17-15-26)24-25-22-21(19-10-6-3-7-11-20(19)30-22)23(29)28(24)13-12-18-8-4-2-5-9-18/h2,4-5,8-9H,3,6-7,10-17H2,1H3. The van der Waals surface area contributed by atoms with Gasteiger partial charge in [0.1, 0.15) is 4.83 Å². The monoisotopic (exact) mass is 422 g/mol. The maximum absolute atomic E-state index is 13.8. The molecule has 3 heterocycles. The largest absolute Gasteiger partial charge is 0.340 e. The van der Waals surface area contributed by atoms with Crippen LogP contribution in [0.5, 0.6) is 0 Å². The highest BCUT2D eigenvalue weighted by Crippen LogP contribution is 2.34. The summed E-state index contributed by atoms with van der Waals surface area (Å²) >= 11 is 1.77. The number of piperazine rings is 1. The Bertz CT molecular complexity index is 1080. The summed E-state index contributed by atoms with van der Waals surface area (Å²) in [6, 6.07) is 10.5. The lowest BCUT2D eigenvalue weighted by atomic mass is 10.1. The zero-order valence-electron chi connectivity index (χ0n) is 17.8. The van der Waals surface area contributed by atoms with E-state index in [0.29, 0.717) is 6.54 Å². The zero-order chi connectivity index (χ0) is 20.5. The summed E-state index contributed by atoms with van der Waals surface area (Å²) in [7, 11) is 2.16. The van der Waals surface area contributed by atoms with Crippen molar-refractivity contribution in [3.8, 4) is 0 Å². The molecule has 3 aromatic rings. The van der Waals surface area contributed by atoms with Crippen molar-refractivity contribution in [3.05, 3.63) is 56.7 Å². The van der Waals surface area contributed by atoms with E-state index < -0.39 is 0 Å². The lowest BCUT2D eigenvalue weighted by Gasteiger charge is -2.34. The van der Waals surface area contributed by atoms with Crippen LogP contribution in [-0.4, -0.2) is 47.7 Å². The number of hydrogen-bond acceptors (Lipinski definition) is 5. The molecule has 0 bridgehead atoms. The van der Waals surface area contributed by atoms with Gasteiger partial charge in [0.15, 0.2) is 0 Å². The Kier molecular flexibility index (Phi) is 5.61. The molecule has 2 aliphatic rings. The number of hydrogen-bond donors (Lipinski definition) is 0. The van der Waals surface area contributed by atoms with Crippen molar-refractivity contribution in [3.63, 3.8) is 0 Å². The number of aryl methyl sites for hydroxylation is 3. The van der Waals surface area contributed by atoms with Crippen molar-refractivity contribution >= 4 is 27.5 Å². The molecule has 0 amide bonds. The molecular weight excluding hydrogens is 392 g/mol. The number of benzene rings is 1. The van der Waals surface area contributed by atoms with Gasteiger partial charge in [-0.1, -0.05) is 36.8 Å². The van der Waals surface area contributed by atoms with Crippen LogP contribution in [0.4, 0.5) is 5.95 Å². The molecule has 0 radical (unpaired) electrons. The van der Waals surface area contributed by atoms with E-state index in [-0.39, 0.29) is 5.56 Å². The molecule has 5 nitrogen and oxygen atoms in total. The Balaban J connectivity index is 1.59. The third-order valence-electron chi connectivity index (χ3n) is 6.56. The molecule has 30 heavy (non-hydrogen) atoms. The molecule has 0 saturated carbocycles. The maximum Gasteiger partial charge on any atom is 0.263 e. The van der Waals surface area contributed by atoms with Crippen LogP contribution >= 0.6 is 11.3 Å². The molecule has 0 spiro atoms. The molecule has 1 saturated heterocycles. The van der Waals surface area contributed by atoms with Gasteiger partial charge < -0.3 is 9.80 Å². The summed E-state index contributed by atoms with van der Waals surface area (Å²) in [6.07, 6.45) is 6.65. The van der Waals surface area contributed by atoms with Crippen molar-refractivity contribution in [2.75, 3.05) is 38.1 Å². The van der Waals surface area contributed by atoms with E-state index in [1.807, 2.05) is 10.6 Å². The smallest absolute Gasteiger partial charge is 0.263 e. The first-order valence-corrected chi connectivity index (χ1v) is 12.0. The highest BCUT2D eigenvalue weighted by Gasteiger charge is 2.25. The van der Waals surface area contributed by atoms with Gasteiger partial charge in [-0.25, -0.2) is 4.98 Å². The molecule has 2 aromatic heterocycles. The van der Waals surface area contributed by atoms with E-state index in [4.69, 9.17) is 4.98 Å². The summed E-state index contributed by atoms with van der Waals surface area (Å²) in [5.41, 5.74) is 2.73. The number of thiophene rings is 1. The van der Waals surface area contributed by atoms with Crippen molar-refractivity contribution in [1.82, 2.24) is 14.5 Å². The Morgan fingerprint density at radius 3 is 2.57 bits per heavy atom. The van der Waals surface area contributed by atoms with Crippen LogP contribution in [0.3, 0.4) is 0 Å². The predicted molar refractivity (Wildman–Crippen MR) is 125 cm³/mol. The Hall–Kier alpha value is -2.18. The van der Waals surface area contributed by atoms with Crippen LogP contribution in [0.1, 0.15) is 35.3 Å². The summed E-state index contributed by atoms with van der Waals surface area (Å²) in [5, 5.41) is 0.905. The normalized spacial score (nSPS) is 17.8. The SMILES string of the molecule is CN1CCN(c2nc3sc4c(c3c(=O)n2CCc2ccccc2)CCCCC4)CC1. The summed E-state index contributed by atoms with van der Waals surface area (Å²) < 4.78 is 1.97. The van der Waals surface area contributed by atoms with Gasteiger partial charge in [0.25, 0.3) is 5.56 Å². The fraction of sp³-hybridized carbons (Fsp3) is 0.500. The second-order valence-corrected chi connectivity index (χ2v) is 9.72. The van der Waals surface area contributed by atoms with E-state index >= 15 is 0 Å². The van der Waals surface area contributed by atoms with Crippen molar-refractivity contribution in [2.24, 2.45) is 0 Å². The van der Waals surface area contributed by atoms with Crippen molar-refractivity contribution in [1.29, 1.82) is 0 Å². The van der Waals surface area contributed by atoms with E-state index in [0.717, 1.165) is 61.6 Å². The third kappa shape index (κ3) is 3.79. The number of fused-ring (bicyclic) bond motifs is 3. The number of aromatic nitrogens is 2. The molecule has 5 rings (SSSR count). The van der Waals surface area contributed by atoms with Crippen molar-refractivity contribution in [2.45, 2.75) is 45.1 Å². The summed E-state index contributed by atoms with van der Waals surface area (Å²) in [4.78, 5) is 26.0. The fourth-order valence-electron chi connectivity index (χ4n) is 4.74. The first-order valence-electron chi connectivity index (χ1n) is 11.2. The van der Waals surface area contributed by atoms with Gasteiger partial charge in [0.05, 0.1) is 5.39 Å². The van der Waals surface area contributed by atoms with Crippen LogP contribution in [0.2, 0.25) is 0 Å². The van der Waals surface area contributed by atoms with Gasteiger partial charge in [-0.05, 0) is 50.3 Å². The number of anilines is 1. The molecule has 1 aliphatic heterocycles. The van der Waals surface area contributed by atoms with Gasteiger partial charge >= 0.3 is 0 Å². The van der Waals surface area contributed by atoms with E-state index in [1.165, 1.54) is 35.3 Å². The third-order valence-corrected chi connectivity index (χ3v) is 7.74. The predicted octanol–water partition coefficient (Wildman–Crippen LogP) is 3.72. The Morgan fingerprint density at radius 2 is 1.77 bits per heavy atom. The molecule has 1 fully saturated rings. The number of likely N-dealkylation sites (N-methyl/N-ethyl adjacent to an activating group) is 1. The second kappa shape index (κ2) is 8.52. The molecule has 0 unspecified atom stereocenters. The fourth-order valence-corrected chi connectivity index (χ4v) is 5.99. The van der Waals surface area contributed by atoms with Crippen LogP contribution in [0.25, 0.3) is 10.2 Å². The average molecular weight is 423 g/mol. The quantitative estimate of drug-likeness (QED) is 0.601. The van der Waals surface area contributed by atoms with Gasteiger partial charge in [-0.2, -0.15) is 0 Å². The van der Waals surface area contributed by atoms with Gasteiger partial charge in [0, 0.05) is 37.6 Å². The first-order chi connectivity index (χ1) is 14.7. The minimum Gasteiger partial charge on any atom is -0.340 e. The minimum absolute atomic E-state index is 0.171. The summed E-state index contributed by atoms with van der Waals surface area (Å²) in [6.45, 7) is 4.54. The minimum atomic E-state index is 0.171. The highest BCUT2D eigenvalue weighted by molar-refractivity contribution is 7.18. The molecule has 158 valence electrons. The average Bonchev–Trinajstić information content (AvgIpc) is 2.95. The second-order valence-electron chi connectivity index (χ2n) is 8.64. The molecule has 0 N–H and O–H groups in total. The summed E-state index contributed by atoms with van der Waals surface area (Å²) in [5.74, 6) is 0.868. The lowest BCUT2D eigenvalue weighted by molar-refractivity contribution is 0.309. The highest BCUT2D eigenvalue weighted by atomic mass is 32.1. The molecule has 0 atom stereocenters. The number of rotatable bonds is 4. The lowest BCUT2D eigenvalue weighted by Crippen LogP contribution is -2.47. The van der Waals surface area contributed by atoms with Crippen LogP contribution < -0.4 is 10.5 Å². The maximum atomic E-state index is 13.8. The molecule has 1 aliphatic carbocycles. The Morgan fingerprint density at radius 1 is 1.00 bits per heavy atom. The zero-order valence-corrected chi connectivity index (χ0v) is 18.6. The number of nitrogens with zero attached hydrogens (tertiary/aromatic N) is 4. The molecule has 6 heteroatoms. The Labute approximate surface area is 182 Å². The van der Waals surface area contributed by atoms with E-state index in [1.54, 1.807) is 11.3 Å². The van der Waals surface area contributed by atoms with Gasteiger partial charge in [0.2, 0.25) is 5.95 Å². The van der Waals surface area contributed by atoms with Crippen LogP contribution in [0, 0.1) is 0 Å². The van der Waals surface area contributed by atoms with Gasteiger partial charge in [-0.3, -0.25) is 9.36 Å². The molecular formula is C24H30N4OS. The molecule has 1 aromatic carbocycles.